The van der Waals surface area contributed by atoms with Crippen molar-refractivity contribution in [3.8, 4) is 0 Å². The Kier molecular flexibility index (Phi) is 2.68. The summed E-state index contributed by atoms with van der Waals surface area (Å²) in [7, 11) is 0. The van der Waals surface area contributed by atoms with Crippen molar-refractivity contribution in [2.45, 2.75) is 32.4 Å². The van der Waals surface area contributed by atoms with E-state index in [0.29, 0.717) is 5.69 Å². The van der Waals surface area contributed by atoms with Crippen LogP contribution in [0.3, 0.4) is 0 Å². The van der Waals surface area contributed by atoms with Crippen LogP contribution in [0, 0.1) is 6.92 Å². The van der Waals surface area contributed by atoms with Crippen LogP contribution in [-0.2, 0) is 13.0 Å². The molecule has 7 heteroatoms. The molecule has 1 aliphatic rings. The minimum absolute atomic E-state index is 0.266. The monoisotopic (exact) mass is 320 g/mol. The van der Waals surface area contributed by atoms with Crippen LogP contribution in [0.15, 0.2) is 24.5 Å². The molecule has 5 heterocycles. The number of aromatic amines is 1. The zero-order chi connectivity index (χ0) is 16.3. The average Bonchev–Trinajstić information content (AvgIpc) is 3.28. The molecule has 0 radical (unpaired) electrons. The summed E-state index contributed by atoms with van der Waals surface area (Å²) in [6.45, 7) is 2.79. The maximum Gasteiger partial charge on any atom is 0.170 e. The van der Waals surface area contributed by atoms with E-state index in [2.05, 4.69) is 25.7 Å². The second kappa shape index (κ2) is 4.77. The molecule has 0 saturated heterocycles. The first-order valence-corrected chi connectivity index (χ1v) is 8.07. The summed E-state index contributed by atoms with van der Waals surface area (Å²) >= 11 is 0. The van der Waals surface area contributed by atoms with E-state index in [4.69, 9.17) is 4.98 Å². The number of nitrogens with zero attached hydrogens (tertiary/aromatic N) is 5. The highest BCUT2D eigenvalue weighted by Gasteiger charge is 2.25. The van der Waals surface area contributed by atoms with Gasteiger partial charge in [0.05, 0.1) is 24.3 Å². The van der Waals surface area contributed by atoms with Crippen LogP contribution in [0.2, 0.25) is 0 Å². The Morgan fingerprint density at radius 1 is 1.42 bits per heavy atom. The van der Waals surface area contributed by atoms with Crippen molar-refractivity contribution in [1.29, 1.82) is 0 Å². The number of rotatable bonds is 2. The largest absolute Gasteiger partial charge is 0.346 e. The number of hydrogen-bond donors (Lipinski definition) is 1. The zero-order valence-corrected chi connectivity index (χ0v) is 13.2. The third kappa shape index (κ3) is 1.78. The van der Waals surface area contributed by atoms with Crippen LogP contribution < -0.4 is 0 Å². The Bertz CT molecular complexity index is 1090. The lowest BCUT2D eigenvalue weighted by Crippen LogP contribution is -2.24. The Morgan fingerprint density at radius 2 is 2.33 bits per heavy atom. The molecule has 0 aliphatic carbocycles. The van der Waals surface area contributed by atoms with Gasteiger partial charge in [-0.2, -0.15) is 5.10 Å². The van der Waals surface area contributed by atoms with Gasteiger partial charge >= 0.3 is 0 Å². The van der Waals surface area contributed by atoms with Crippen molar-refractivity contribution in [2.24, 2.45) is 0 Å². The fourth-order valence-electron chi connectivity index (χ4n) is 3.87. The minimum atomic E-state index is 0.266. The summed E-state index contributed by atoms with van der Waals surface area (Å²) in [4.78, 5) is 23.3. The molecular formula is C17H16N6O. The van der Waals surface area contributed by atoms with Crippen molar-refractivity contribution >= 4 is 28.4 Å². The van der Waals surface area contributed by atoms with Crippen molar-refractivity contribution in [1.82, 2.24) is 29.3 Å². The third-order valence-corrected chi connectivity index (χ3v) is 4.90. The number of aldehydes is 1. The molecule has 1 atom stereocenters. The van der Waals surface area contributed by atoms with E-state index in [0.717, 1.165) is 59.3 Å². The number of aromatic nitrogens is 6. The Labute approximate surface area is 137 Å². The van der Waals surface area contributed by atoms with Gasteiger partial charge < -0.3 is 9.55 Å². The van der Waals surface area contributed by atoms with E-state index in [1.807, 2.05) is 30.1 Å². The van der Waals surface area contributed by atoms with Gasteiger partial charge in [-0.3, -0.25) is 9.48 Å². The third-order valence-electron chi connectivity index (χ3n) is 4.90. The molecule has 0 spiro atoms. The Hall–Kier alpha value is -2.96. The normalized spacial score (nSPS) is 17.5. The van der Waals surface area contributed by atoms with Gasteiger partial charge in [0.2, 0.25) is 0 Å². The number of fused-ring (bicyclic) bond motifs is 4. The zero-order valence-electron chi connectivity index (χ0n) is 13.2. The first kappa shape index (κ1) is 13.5. The number of hydrogen-bond acceptors (Lipinski definition) is 4. The number of nitrogens with one attached hydrogen (secondary N) is 1. The first-order valence-electron chi connectivity index (χ1n) is 8.07. The number of carbonyl (C=O) groups is 1. The van der Waals surface area contributed by atoms with E-state index in [1.165, 1.54) is 0 Å². The molecule has 4 aromatic heterocycles. The summed E-state index contributed by atoms with van der Waals surface area (Å²) in [5.74, 6) is 0.983. The van der Waals surface area contributed by atoms with Gasteiger partial charge in [0.15, 0.2) is 6.29 Å². The summed E-state index contributed by atoms with van der Waals surface area (Å²) in [6.07, 6.45) is 6.46. The van der Waals surface area contributed by atoms with E-state index < -0.39 is 0 Å². The lowest BCUT2D eigenvalue weighted by Gasteiger charge is -2.26. The summed E-state index contributed by atoms with van der Waals surface area (Å²) in [5.41, 5.74) is 4.55. The minimum Gasteiger partial charge on any atom is -0.346 e. The average molecular weight is 320 g/mol. The molecule has 1 aliphatic heterocycles. The second-order valence-electron chi connectivity index (χ2n) is 6.31. The highest BCUT2D eigenvalue weighted by Crippen LogP contribution is 2.32. The standard InChI is InChI=1S/C17H16N6O/c1-10-20-15-7-19-17-14(4-5-18-17)16(15)23(10)13-3-2-12-6-11(9-24)21-22(12)8-13/h4-7,9,13H,2-3,8H2,1H3,(H,18,19). The van der Waals surface area contributed by atoms with Crippen LogP contribution >= 0.6 is 0 Å². The molecule has 120 valence electrons. The van der Waals surface area contributed by atoms with Crippen molar-refractivity contribution in [2.75, 3.05) is 0 Å². The quantitative estimate of drug-likeness (QED) is 0.575. The molecule has 0 amide bonds. The van der Waals surface area contributed by atoms with Gasteiger partial charge in [-0.25, -0.2) is 9.97 Å². The van der Waals surface area contributed by atoms with Gasteiger partial charge in [0, 0.05) is 17.3 Å². The fourth-order valence-corrected chi connectivity index (χ4v) is 3.87. The van der Waals surface area contributed by atoms with Crippen molar-refractivity contribution < 1.29 is 4.79 Å². The molecule has 0 saturated carbocycles. The van der Waals surface area contributed by atoms with Gasteiger partial charge in [-0.05, 0) is 31.9 Å². The summed E-state index contributed by atoms with van der Waals surface area (Å²) in [5, 5.41) is 5.48. The number of imidazole rings is 1. The Morgan fingerprint density at radius 3 is 3.21 bits per heavy atom. The highest BCUT2D eigenvalue weighted by atomic mass is 16.1. The predicted molar refractivity (Wildman–Crippen MR) is 89.1 cm³/mol. The number of aryl methyl sites for hydroxylation is 2. The van der Waals surface area contributed by atoms with E-state index >= 15 is 0 Å². The van der Waals surface area contributed by atoms with Crippen LogP contribution in [0.5, 0.6) is 0 Å². The molecule has 1 N–H and O–H groups in total. The topological polar surface area (TPSA) is 81.4 Å². The van der Waals surface area contributed by atoms with Crippen molar-refractivity contribution in [3.05, 3.63) is 41.7 Å². The maximum absolute atomic E-state index is 11.0. The van der Waals surface area contributed by atoms with Crippen LogP contribution in [-0.4, -0.2) is 35.6 Å². The molecule has 5 rings (SSSR count). The van der Waals surface area contributed by atoms with Gasteiger partial charge in [0.25, 0.3) is 0 Å². The highest BCUT2D eigenvalue weighted by molar-refractivity contribution is 6.01. The summed E-state index contributed by atoms with van der Waals surface area (Å²) in [6, 6.07) is 4.20. The predicted octanol–water partition coefficient (Wildman–Crippen LogP) is 2.42. The van der Waals surface area contributed by atoms with Gasteiger partial charge in [-0.1, -0.05) is 0 Å². The van der Waals surface area contributed by atoms with E-state index in [1.54, 1.807) is 0 Å². The van der Waals surface area contributed by atoms with Gasteiger partial charge in [-0.15, -0.1) is 0 Å². The van der Waals surface area contributed by atoms with E-state index in [-0.39, 0.29) is 6.04 Å². The lowest BCUT2D eigenvalue weighted by molar-refractivity contribution is 0.111. The molecular weight excluding hydrogens is 304 g/mol. The SMILES string of the molecule is Cc1nc2cnc3[nH]ccc3c2n1C1CCc2cc(C=O)nn2C1. The number of H-pyrrole nitrogens is 1. The first-order chi connectivity index (χ1) is 11.7. The molecule has 7 nitrogen and oxygen atoms in total. The Balaban J connectivity index is 1.68. The van der Waals surface area contributed by atoms with E-state index in [9.17, 15) is 4.79 Å². The maximum atomic E-state index is 11.0. The lowest BCUT2D eigenvalue weighted by atomic mass is 10.0. The molecule has 0 fully saturated rings. The second-order valence-corrected chi connectivity index (χ2v) is 6.31. The molecule has 24 heavy (non-hydrogen) atoms. The number of pyridine rings is 1. The van der Waals surface area contributed by atoms with Crippen LogP contribution in [0.1, 0.15) is 34.5 Å². The fraction of sp³-hybridized carbons (Fsp3) is 0.294. The molecule has 0 aromatic carbocycles. The van der Waals surface area contributed by atoms with Gasteiger partial charge in [0.1, 0.15) is 22.7 Å². The van der Waals surface area contributed by atoms with Crippen LogP contribution in [0.4, 0.5) is 0 Å². The van der Waals surface area contributed by atoms with Crippen molar-refractivity contribution in [3.63, 3.8) is 0 Å². The molecule has 0 bridgehead atoms. The molecule has 4 aromatic rings. The summed E-state index contributed by atoms with van der Waals surface area (Å²) < 4.78 is 4.26. The smallest absolute Gasteiger partial charge is 0.170 e. The number of carbonyl (C=O) groups excluding carboxylic acids is 1. The molecule has 1 unspecified atom stereocenters. The van der Waals surface area contributed by atoms with Crippen LogP contribution in [0.25, 0.3) is 22.1 Å².